The Morgan fingerprint density at radius 2 is 1.44 bits per heavy atom. The van der Waals surface area contributed by atoms with Crippen molar-refractivity contribution in [2.45, 2.75) is 6.42 Å². The summed E-state index contributed by atoms with van der Waals surface area (Å²) in [7, 11) is 2.02. The van der Waals surface area contributed by atoms with Gasteiger partial charge in [0.1, 0.15) is 18.8 Å². The van der Waals surface area contributed by atoms with Crippen molar-refractivity contribution in [2.24, 2.45) is 0 Å². The maximum atomic E-state index is 12.4. The second-order valence-electron chi connectivity index (χ2n) is 6.66. The summed E-state index contributed by atoms with van der Waals surface area (Å²) in [6.45, 7) is 2.83. The minimum atomic E-state index is -0.00164. The molecule has 148 valence electrons. The van der Waals surface area contributed by atoms with Crippen LogP contribution in [0.2, 0.25) is 0 Å². The highest BCUT2D eigenvalue weighted by molar-refractivity contribution is 6.08. The first-order chi connectivity index (χ1) is 12.6. The van der Waals surface area contributed by atoms with Crippen molar-refractivity contribution >= 4 is 5.78 Å². The Hall–Kier alpha value is -1.48. The molecule has 2 rings (SSSR count). The Morgan fingerprint density at radius 1 is 0.889 bits per heavy atom. The Kier molecular flexibility index (Phi) is 10.5. The first-order valence-corrected chi connectivity index (χ1v) is 8.96. The summed E-state index contributed by atoms with van der Waals surface area (Å²) >= 11 is 0. The standard InChI is InChI=1S/C21H28NO4.HI/c1-22(13-15-23,14-16-24)12-5-17-26-20-10-8-19(9-11-20)21(25)18-6-3-2-4-7-18;/h2-4,6-11,23-24H,5,12-17H2,1H3;1H/q+1;/p-1. The van der Waals surface area contributed by atoms with Crippen molar-refractivity contribution in [3.8, 4) is 5.75 Å². The minimum Gasteiger partial charge on any atom is -1.00 e. The van der Waals surface area contributed by atoms with Gasteiger partial charge in [-0.25, -0.2) is 0 Å². The second-order valence-corrected chi connectivity index (χ2v) is 6.66. The highest BCUT2D eigenvalue weighted by atomic mass is 127. The van der Waals surface area contributed by atoms with Gasteiger partial charge in [-0.2, -0.15) is 0 Å². The van der Waals surface area contributed by atoms with Crippen LogP contribution in [0.3, 0.4) is 0 Å². The predicted molar refractivity (Wildman–Crippen MR) is 101 cm³/mol. The molecule has 6 heteroatoms. The molecule has 2 aromatic rings. The molecule has 0 atom stereocenters. The van der Waals surface area contributed by atoms with Crippen LogP contribution < -0.4 is 28.7 Å². The smallest absolute Gasteiger partial charge is 0.193 e. The fraction of sp³-hybridized carbons (Fsp3) is 0.381. The maximum Gasteiger partial charge on any atom is 0.193 e. The first-order valence-electron chi connectivity index (χ1n) is 8.96. The van der Waals surface area contributed by atoms with E-state index in [4.69, 9.17) is 14.9 Å². The molecule has 27 heavy (non-hydrogen) atoms. The van der Waals surface area contributed by atoms with Crippen LogP contribution in [0.1, 0.15) is 22.3 Å². The van der Waals surface area contributed by atoms with E-state index in [1.165, 1.54) is 0 Å². The predicted octanol–water partition coefficient (Wildman–Crippen LogP) is -0.878. The number of rotatable bonds is 11. The largest absolute Gasteiger partial charge is 1.00 e. The molecule has 0 aliphatic heterocycles. The van der Waals surface area contributed by atoms with Crippen LogP contribution in [-0.2, 0) is 0 Å². The third-order valence-corrected chi connectivity index (χ3v) is 4.54. The van der Waals surface area contributed by atoms with Crippen molar-refractivity contribution in [2.75, 3.05) is 46.5 Å². The molecule has 0 amide bonds. The molecule has 2 N–H and O–H groups in total. The average Bonchev–Trinajstić information content (AvgIpc) is 2.66. The number of aliphatic hydroxyl groups excluding tert-OH is 2. The molecule has 0 unspecified atom stereocenters. The summed E-state index contributed by atoms with van der Waals surface area (Å²) in [4.78, 5) is 12.4. The van der Waals surface area contributed by atoms with Gasteiger partial charge in [-0.3, -0.25) is 4.79 Å². The number of ketones is 1. The normalized spacial score (nSPS) is 10.9. The highest BCUT2D eigenvalue weighted by Crippen LogP contribution is 2.16. The van der Waals surface area contributed by atoms with E-state index < -0.39 is 0 Å². The summed E-state index contributed by atoms with van der Waals surface area (Å²) in [5, 5.41) is 18.3. The van der Waals surface area contributed by atoms with Crippen molar-refractivity contribution in [3.05, 3.63) is 65.7 Å². The van der Waals surface area contributed by atoms with Gasteiger partial charge in [-0.05, 0) is 24.3 Å². The van der Waals surface area contributed by atoms with Gasteiger partial charge in [0.05, 0.1) is 33.4 Å². The van der Waals surface area contributed by atoms with E-state index in [1.807, 2.05) is 37.4 Å². The van der Waals surface area contributed by atoms with Crippen LogP contribution in [-0.4, -0.2) is 67.0 Å². The van der Waals surface area contributed by atoms with E-state index in [-0.39, 0.29) is 43.0 Å². The molecule has 2 aromatic carbocycles. The van der Waals surface area contributed by atoms with E-state index >= 15 is 0 Å². The Balaban J connectivity index is 0.00000364. The minimum absolute atomic E-state index is 0. The molecule has 0 aromatic heterocycles. The van der Waals surface area contributed by atoms with Crippen LogP contribution in [0.4, 0.5) is 0 Å². The number of hydrogen-bond donors (Lipinski definition) is 2. The molecule has 0 aliphatic carbocycles. The van der Waals surface area contributed by atoms with E-state index in [2.05, 4.69) is 0 Å². The number of carbonyl (C=O) groups is 1. The van der Waals surface area contributed by atoms with Crippen LogP contribution in [0, 0.1) is 0 Å². The Bertz CT molecular complexity index is 670. The summed E-state index contributed by atoms with van der Waals surface area (Å²) in [5.74, 6) is 0.728. The quantitative estimate of drug-likeness (QED) is 0.188. The van der Waals surface area contributed by atoms with E-state index in [1.54, 1.807) is 24.3 Å². The lowest BCUT2D eigenvalue weighted by atomic mass is 10.0. The molecule has 0 saturated heterocycles. The summed E-state index contributed by atoms with van der Waals surface area (Å²) in [6.07, 6.45) is 0.821. The number of benzene rings is 2. The molecule has 0 fully saturated rings. The zero-order chi connectivity index (χ0) is 18.8. The highest BCUT2D eigenvalue weighted by Gasteiger charge is 2.19. The Morgan fingerprint density at radius 3 is 2.00 bits per heavy atom. The molecular formula is C21H28INO4. The lowest BCUT2D eigenvalue weighted by Gasteiger charge is -2.33. The average molecular weight is 485 g/mol. The number of likely N-dealkylation sites (N-methyl/N-ethyl adjacent to an activating group) is 1. The van der Waals surface area contributed by atoms with Gasteiger partial charge in [-0.15, -0.1) is 0 Å². The molecule has 0 saturated carbocycles. The lowest BCUT2D eigenvalue weighted by Crippen LogP contribution is -3.00. The third kappa shape index (κ3) is 7.57. The zero-order valence-electron chi connectivity index (χ0n) is 15.7. The summed E-state index contributed by atoms with van der Waals surface area (Å²) in [6, 6.07) is 16.4. The van der Waals surface area contributed by atoms with E-state index in [0.29, 0.717) is 35.3 Å². The topological polar surface area (TPSA) is 66.8 Å². The SMILES string of the molecule is C[N+](CCO)(CCO)CCCOc1ccc(C(=O)c2ccccc2)cc1.[I-]. The van der Waals surface area contributed by atoms with Crippen molar-refractivity contribution in [3.63, 3.8) is 0 Å². The van der Waals surface area contributed by atoms with Crippen LogP contribution in [0.15, 0.2) is 54.6 Å². The monoisotopic (exact) mass is 485 g/mol. The molecule has 0 radical (unpaired) electrons. The number of quaternary nitrogens is 1. The van der Waals surface area contributed by atoms with Crippen molar-refractivity contribution in [1.29, 1.82) is 0 Å². The first kappa shape index (κ1) is 23.6. The van der Waals surface area contributed by atoms with Crippen molar-refractivity contribution in [1.82, 2.24) is 0 Å². The zero-order valence-corrected chi connectivity index (χ0v) is 17.8. The van der Waals surface area contributed by atoms with Gasteiger partial charge in [0.2, 0.25) is 0 Å². The van der Waals surface area contributed by atoms with Crippen LogP contribution >= 0.6 is 0 Å². The number of nitrogens with zero attached hydrogens (tertiary/aromatic N) is 1. The van der Waals surface area contributed by atoms with Gasteiger partial charge in [0, 0.05) is 17.5 Å². The molecular weight excluding hydrogens is 457 g/mol. The van der Waals surface area contributed by atoms with Gasteiger partial charge >= 0.3 is 0 Å². The maximum absolute atomic E-state index is 12.4. The Labute approximate surface area is 178 Å². The number of hydrogen-bond acceptors (Lipinski definition) is 4. The molecule has 0 heterocycles. The number of carbonyl (C=O) groups excluding carboxylic acids is 1. The fourth-order valence-electron chi connectivity index (χ4n) is 2.91. The van der Waals surface area contributed by atoms with Gasteiger partial charge in [0.25, 0.3) is 0 Å². The molecule has 0 bridgehead atoms. The van der Waals surface area contributed by atoms with Gasteiger partial charge in [0.15, 0.2) is 5.78 Å². The molecule has 5 nitrogen and oxygen atoms in total. The van der Waals surface area contributed by atoms with E-state index in [9.17, 15) is 4.79 Å². The van der Waals surface area contributed by atoms with Crippen LogP contribution in [0.5, 0.6) is 5.75 Å². The van der Waals surface area contributed by atoms with E-state index in [0.717, 1.165) is 18.7 Å². The number of aliphatic hydroxyl groups is 2. The summed E-state index contributed by atoms with van der Waals surface area (Å²) in [5.41, 5.74) is 1.31. The molecule has 0 spiro atoms. The summed E-state index contributed by atoms with van der Waals surface area (Å²) < 4.78 is 6.38. The second kappa shape index (κ2) is 12.1. The fourth-order valence-corrected chi connectivity index (χ4v) is 2.91. The number of ether oxygens (including phenoxy) is 1. The lowest BCUT2D eigenvalue weighted by molar-refractivity contribution is -0.910. The van der Waals surface area contributed by atoms with Gasteiger partial charge < -0.3 is 43.4 Å². The van der Waals surface area contributed by atoms with Crippen LogP contribution in [0.25, 0.3) is 0 Å². The van der Waals surface area contributed by atoms with Gasteiger partial charge in [-0.1, -0.05) is 30.3 Å². The third-order valence-electron chi connectivity index (χ3n) is 4.54. The van der Waals surface area contributed by atoms with Crippen molar-refractivity contribution < 1.29 is 48.2 Å². The number of halogens is 1. The molecule has 0 aliphatic rings.